The van der Waals surface area contributed by atoms with Crippen LogP contribution in [0, 0.1) is 5.92 Å². The van der Waals surface area contributed by atoms with Gasteiger partial charge < -0.3 is 10.5 Å². The molecule has 2 aliphatic rings. The molecule has 0 spiro atoms. The van der Waals surface area contributed by atoms with Gasteiger partial charge in [0.1, 0.15) is 4.21 Å². The molecule has 1 aliphatic heterocycles. The first-order valence-corrected chi connectivity index (χ1v) is 10.7. The molecule has 1 unspecified atom stereocenters. The third kappa shape index (κ3) is 3.58. The van der Waals surface area contributed by atoms with Gasteiger partial charge in [0.05, 0.1) is 5.92 Å². The van der Waals surface area contributed by atoms with E-state index in [9.17, 15) is 18.0 Å². The third-order valence-corrected chi connectivity index (χ3v) is 8.20. The molecule has 138 valence electrons. The Hall–Kier alpha value is -1.45. The molecule has 3 rings (SSSR count). The number of carbonyl (C=O) groups excluding carboxylic acids is 2. The highest BCUT2D eigenvalue weighted by atomic mass is 32.2. The van der Waals surface area contributed by atoms with Crippen LogP contribution in [0.1, 0.15) is 38.5 Å². The molecule has 0 radical (unpaired) electrons. The van der Waals surface area contributed by atoms with E-state index < -0.39 is 33.4 Å². The van der Waals surface area contributed by atoms with Crippen molar-refractivity contribution in [2.45, 2.75) is 48.3 Å². The van der Waals surface area contributed by atoms with Crippen LogP contribution in [-0.2, 0) is 24.3 Å². The smallest absolute Gasteiger partial charge is 0.311 e. The molecule has 1 aromatic rings. The van der Waals surface area contributed by atoms with Gasteiger partial charge in [-0.2, -0.15) is 4.31 Å². The first-order valence-electron chi connectivity index (χ1n) is 8.42. The van der Waals surface area contributed by atoms with E-state index in [1.165, 1.54) is 4.31 Å². The number of piperidine rings is 1. The number of amides is 1. The summed E-state index contributed by atoms with van der Waals surface area (Å²) in [5, 5.41) is 1.71. The number of nitrogens with two attached hydrogens (primary N) is 1. The summed E-state index contributed by atoms with van der Waals surface area (Å²) in [5.41, 5.74) is 4.23. The standard InChI is InChI=1S/C16H22N2O5S2/c17-15(20)16(7-1-2-8-16)23-14(19)12-5-3-9-18(11-12)25(21,22)13-6-4-10-24-13/h4,6,10,12H,1-3,5,7-9,11H2,(H2,17,20). The molecule has 1 saturated carbocycles. The van der Waals surface area contributed by atoms with E-state index in [0.29, 0.717) is 32.2 Å². The number of nitrogens with zero attached hydrogens (tertiary/aromatic N) is 1. The van der Waals surface area contributed by atoms with Gasteiger partial charge in [0.15, 0.2) is 5.60 Å². The number of sulfonamides is 1. The Morgan fingerprint density at radius 2 is 2.00 bits per heavy atom. The van der Waals surface area contributed by atoms with Crippen LogP contribution in [0.25, 0.3) is 0 Å². The lowest BCUT2D eigenvalue weighted by molar-refractivity contribution is -0.171. The molecule has 2 heterocycles. The molecule has 7 nitrogen and oxygen atoms in total. The van der Waals surface area contributed by atoms with Crippen molar-refractivity contribution in [2.24, 2.45) is 11.7 Å². The van der Waals surface area contributed by atoms with Crippen LogP contribution in [0.2, 0.25) is 0 Å². The van der Waals surface area contributed by atoms with Gasteiger partial charge in [-0.25, -0.2) is 8.42 Å². The first-order chi connectivity index (χ1) is 11.8. The maximum absolute atomic E-state index is 12.6. The van der Waals surface area contributed by atoms with Crippen molar-refractivity contribution in [3.8, 4) is 0 Å². The highest BCUT2D eigenvalue weighted by Gasteiger charge is 2.45. The molecule has 2 fully saturated rings. The van der Waals surface area contributed by atoms with Crippen LogP contribution in [0.5, 0.6) is 0 Å². The predicted molar refractivity (Wildman–Crippen MR) is 92.3 cm³/mol. The fraction of sp³-hybridized carbons (Fsp3) is 0.625. The molecule has 1 amide bonds. The van der Waals surface area contributed by atoms with Crippen LogP contribution in [0.4, 0.5) is 0 Å². The number of hydrogen-bond acceptors (Lipinski definition) is 6. The average molecular weight is 386 g/mol. The van der Waals surface area contributed by atoms with Gasteiger partial charge in [-0.15, -0.1) is 11.3 Å². The summed E-state index contributed by atoms with van der Waals surface area (Å²) < 4.78 is 32.4. The Labute approximate surface area is 151 Å². The van der Waals surface area contributed by atoms with Gasteiger partial charge in [0.25, 0.3) is 15.9 Å². The van der Waals surface area contributed by atoms with E-state index in [2.05, 4.69) is 0 Å². The second-order valence-corrected chi connectivity index (χ2v) is 9.73. The van der Waals surface area contributed by atoms with Crippen molar-refractivity contribution in [1.29, 1.82) is 0 Å². The number of ether oxygens (including phenoxy) is 1. The van der Waals surface area contributed by atoms with Crippen LogP contribution >= 0.6 is 11.3 Å². The second-order valence-electron chi connectivity index (χ2n) is 6.62. The lowest BCUT2D eigenvalue weighted by atomic mass is 9.97. The molecule has 25 heavy (non-hydrogen) atoms. The van der Waals surface area contributed by atoms with Gasteiger partial charge >= 0.3 is 5.97 Å². The fourth-order valence-corrected chi connectivity index (χ4v) is 6.18. The summed E-state index contributed by atoms with van der Waals surface area (Å²) in [6.45, 7) is 0.457. The van der Waals surface area contributed by atoms with Crippen molar-refractivity contribution < 1.29 is 22.7 Å². The van der Waals surface area contributed by atoms with Crippen LogP contribution in [0.3, 0.4) is 0 Å². The number of rotatable bonds is 5. The average Bonchev–Trinajstić information content (AvgIpc) is 3.27. The summed E-state index contributed by atoms with van der Waals surface area (Å²) in [4.78, 5) is 24.3. The van der Waals surface area contributed by atoms with Crippen molar-refractivity contribution >= 4 is 33.2 Å². The Bertz CT molecular complexity index is 739. The van der Waals surface area contributed by atoms with Gasteiger partial charge in [-0.05, 0) is 50.0 Å². The normalized spacial score (nSPS) is 24.1. The minimum atomic E-state index is -3.59. The highest BCUT2D eigenvalue weighted by molar-refractivity contribution is 7.91. The first kappa shape index (κ1) is 18.3. The number of carbonyl (C=O) groups is 2. The van der Waals surface area contributed by atoms with E-state index in [4.69, 9.17) is 10.5 Å². The van der Waals surface area contributed by atoms with E-state index in [1.807, 2.05) is 0 Å². The van der Waals surface area contributed by atoms with Crippen molar-refractivity contribution in [3.05, 3.63) is 17.5 Å². The van der Waals surface area contributed by atoms with Crippen molar-refractivity contribution in [2.75, 3.05) is 13.1 Å². The number of thiophene rings is 1. The zero-order valence-electron chi connectivity index (χ0n) is 13.8. The lowest BCUT2D eigenvalue weighted by Gasteiger charge is -2.33. The van der Waals surface area contributed by atoms with E-state index in [0.717, 1.165) is 24.2 Å². The molecule has 1 aliphatic carbocycles. The van der Waals surface area contributed by atoms with Crippen LogP contribution in [-0.4, -0.2) is 43.3 Å². The fourth-order valence-electron chi connectivity index (χ4n) is 3.51. The van der Waals surface area contributed by atoms with Gasteiger partial charge in [-0.3, -0.25) is 9.59 Å². The zero-order valence-corrected chi connectivity index (χ0v) is 15.5. The van der Waals surface area contributed by atoms with Gasteiger partial charge in [-0.1, -0.05) is 6.07 Å². The molecule has 1 atom stereocenters. The molecule has 1 saturated heterocycles. The summed E-state index contributed by atoms with van der Waals surface area (Å²) in [6.07, 6.45) is 3.59. The molecule has 1 aromatic heterocycles. The van der Waals surface area contributed by atoms with Gasteiger partial charge in [0.2, 0.25) is 0 Å². The van der Waals surface area contributed by atoms with Gasteiger partial charge in [0, 0.05) is 13.1 Å². The number of hydrogen-bond donors (Lipinski definition) is 1. The maximum atomic E-state index is 12.6. The third-order valence-electron chi connectivity index (χ3n) is 4.96. The van der Waals surface area contributed by atoms with Crippen molar-refractivity contribution in [3.63, 3.8) is 0 Å². The minimum Gasteiger partial charge on any atom is -0.449 e. The maximum Gasteiger partial charge on any atom is 0.311 e. The van der Waals surface area contributed by atoms with E-state index in [-0.39, 0.29) is 10.8 Å². The summed E-state index contributed by atoms with van der Waals surface area (Å²) >= 11 is 1.16. The monoisotopic (exact) mass is 386 g/mol. The molecular weight excluding hydrogens is 364 g/mol. The van der Waals surface area contributed by atoms with Crippen molar-refractivity contribution in [1.82, 2.24) is 4.31 Å². The molecule has 2 N–H and O–H groups in total. The molecular formula is C16H22N2O5S2. The largest absolute Gasteiger partial charge is 0.449 e. The highest BCUT2D eigenvalue weighted by Crippen LogP contribution is 2.35. The topological polar surface area (TPSA) is 107 Å². The number of esters is 1. The second kappa shape index (κ2) is 7.05. The minimum absolute atomic E-state index is 0.0773. The molecule has 9 heteroatoms. The Morgan fingerprint density at radius 3 is 2.60 bits per heavy atom. The quantitative estimate of drug-likeness (QED) is 0.772. The van der Waals surface area contributed by atoms with Crippen LogP contribution < -0.4 is 5.73 Å². The summed E-state index contributed by atoms with van der Waals surface area (Å²) in [5.74, 6) is -1.70. The molecule has 0 aromatic carbocycles. The van der Waals surface area contributed by atoms with E-state index >= 15 is 0 Å². The lowest BCUT2D eigenvalue weighted by Crippen LogP contribution is -2.49. The Kier molecular flexibility index (Phi) is 5.17. The van der Waals surface area contributed by atoms with E-state index in [1.54, 1.807) is 17.5 Å². The summed E-state index contributed by atoms with van der Waals surface area (Å²) in [6, 6.07) is 3.24. The molecule has 0 bridgehead atoms. The number of primary amides is 1. The Balaban J connectivity index is 1.71. The Morgan fingerprint density at radius 1 is 1.28 bits per heavy atom. The predicted octanol–water partition coefficient (Wildman–Crippen LogP) is 1.49. The van der Waals surface area contributed by atoms with Crippen LogP contribution in [0.15, 0.2) is 21.7 Å². The zero-order chi connectivity index (χ0) is 18.1. The summed E-state index contributed by atoms with van der Waals surface area (Å²) in [7, 11) is -3.59. The SMILES string of the molecule is NC(=O)C1(OC(=O)C2CCCN(S(=O)(=O)c3cccs3)C2)CCCC1.